The molecular weight excluding hydrogens is 222 g/mol. The SMILES string of the molecule is CCN(CC)C(Cc1ccccc1)C(=O)C(C)C. The molecule has 0 saturated carbocycles. The van der Waals surface area contributed by atoms with Gasteiger partial charge in [0, 0.05) is 5.92 Å². The van der Waals surface area contributed by atoms with Crippen molar-refractivity contribution >= 4 is 5.78 Å². The standard InChI is InChI=1S/C16H25NO/c1-5-17(6-2)15(16(18)13(3)4)12-14-10-8-7-9-11-14/h7-11,13,15H,5-6,12H2,1-4H3. The van der Waals surface area contributed by atoms with Crippen molar-refractivity contribution in [2.45, 2.75) is 40.2 Å². The van der Waals surface area contributed by atoms with Gasteiger partial charge in [-0.05, 0) is 25.1 Å². The van der Waals surface area contributed by atoms with E-state index >= 15 is 0 Å². The first kappa shape index (κ1) is 14.9. The van der Waals surface area contributed by atoms with Crippen molar-refractivity contribution < 1.29 is 4.79 Å². The molecule has 0 aliphatic carbocycles. The third kappa shape index (κ3) is 3.95. The molecule has 1 aromatic rings. The summed E-state index contributed by atoms with van der Waals surface area (Å²) in [6, 6.07) is 10.3. The second kappa shape index (κ2) is 7.32. The van der Waals surface area contributed by atoms with Gasteiger partial charge in [0.25, 0.3) is 0 Å². The maximum Gasteiger partial charge on any atom is 0.152 e. The maximum atomic E-state index is 12.4. The summed E-state index contributed by atoms with van der Waals surface area (Å²) in [5, 5.41) is 0. The topological polar surface area (TPSA) is 20.3 Å². The third-order valence-electron chi connectivity index (χ3n) is 3.42. The Bertz CT molecular complexity index is 355. The van der Waals surface area contributed by atoms with Crippen molar-refractivity contribution in [2.75, 3.05) is 13.1 Å². The Kier molecular flexibility index (Phi) is 6.06. The number of carbonyl (C=O) groups is 1. The van der Waals surface area contributed by atoms with Crippen molar-refractivity contribution in [3.63, 3.8) is 0 Å². The molecule has 1 atom stereocenters. The van der Waals surface area contributed by atoms with E-state index in [2.05, 4.69) is 30.9 Å². The van der Waals surface area contributed by atoms with Gasteiger partial charge in [0.15, 0.2) is 5.78 Å². The molecule has 0 N–H and O–H groups in total. The molecule has 100 valence electrons. The van der Waals surface area contributed by atoms with Gasteiger partial charge < -0.3 is 0 Å². The van der Waals surface area contributed by atoms with E-state index < -0.39 is 0 Å². The average Bonchev–Trinajstić information content (AvgIpc) is 2.39. The number of hydrogen-bond donors (Lipinski definition) is 0. The zero-order valence-corrected chi connectivity index (χ0v) is 12.0. The highest BCUT2D eigenvalue weighted by molar-refractivity contribution is 5.86. The molecular formula is C16H25NO. The summed E-state index contributed by atoms with van der Waals surface area (Å²) in [7, 11) is 0. The van der Waals surface area contributed by atoms with Gasteiger partial charge in [-0.25, -0.2) is 0 Å². The van der Waals surface area contributed by atoms with Gasteiger partial charge in [0.05, 0.1) is 6.04 Å². The highest BCUT2D eigenvalue weighted by Gasteiger charge is 2.25. The quantitative estimate of drug-likeness (QED) is 0.737. The lowest BCUT2D eigenvalue weighted by Crippen LogP contribution is -2.44. The summed E-state index contributed by atoms with van der Waals surface area (Å²) in [5.41, 5.74) is 1.24. The Hall–Kier alpha value is -1.15. The van der Waals surface area contributed by atoms with Crippen LogP contribution in [0.5, 0.6) is 0 Å². The van der Waals surface area contributed by atoms with Gasteiger partial charge in [-0.15, -0.1) is 0 Å². The first-order valence-electron chi connectivity index (χ1n) is 6.91. The van der Waals surface area contributed by atoms with Crippen molar-refractivity contribution in [1.29, 1.82) is 0 Å². The molecule has 0 radical (unpaired) electrons. The molecule has 0 amide bonds. The summed E-state index contributed by atoms with van der Waals surface area (Å²) in [6.45, 7) is 10.1. The number of nitrogens with zero attached hydrogens (tertiary/aromatic N) is 1. The summed E-state index contributed by atoms with van der Waals surface area (Å²) in [6.07, 6.45) is 0.819. The Morgan fingerprint density at radius 1 is 1.11 bits per heavy atom. The van der Waals surface area contributed by atoms with Crippen LogP contribution in [-0.4, -0.2) is 29.8 Å². The van der Waals surface area contributed by atoms with Gasteiger partial charge in [-0.1, -0.05) is 58.0 Å². The molecule has 1 rings (SSSR count). The second-order valence-corrected chi connectivity index (χ2v) is 4.98. The molecule has 2 nitrogen and oxygen atoms in total. The highest BCUT2D eigenvalue weighted by Crippen LogP contribution is 2.13. The molecule has 0 spiro atoms. The van der Waals surface area contributed by atoms with E-state index in [0.717, 1.165) is 19.5 Å². The van der Waals surface area contributed by atoms with Crippen LogP contribution in [0.4, 0.5) is 0 Å². The van der Waals surface area contributed by atoms with Crippen LogP contribution < -0.4 is 0 Å². The number of Topliss-reactive ketones (excluding diaryl/α,β-unsaturated/α-hetero) is 1. The fourth-order valence-electron chi connectivity index (χ4n) is 2.30. The molecule has 0 aliphatic rings. The van der Waals surface area contributed by atoms with Gasteiger partial charge in [-0.3, -0.25) is 9.69 Å². The minimum atomic E-state index is 0.0161. The molecule has 18 heavy (non-hydrogen) atoms. The van der Waals surface area contributed by atoms with E-state index in [1.165, 1.54) is 5.56 Å². The largest absolute Gasteiger partial charge is 0.298 e. The van der Waals surface area contributed by atoms with E-state index in [1.807, 2.05) is 32.0 Å². The van der Waals surface area contributed by atoms with Crippen molar-refractivity contribution in [2.24, 2.45) is 5.92 Å². The number of ketones is 1. The lowest BCUT2D eigenvalue weighted by molar-refractivity contribution is -0.127. The average molecular weight is 247 g/mol. The predicted octanol–water partition coefficient (Wildman–Crippen LogP) is 3.16. The predicted molar refractivity (Wildman–Crippen MR) is 76.7 cm³/mol. The molecule has 0 fully saturated rings. The summed E-state index contributed by atoms with van der Waals surface area (Å²) in [4.78, 5) is 14.6. The van der Waals surface area contributed by atoms with Crippen LogP contribution in [0.3, 0.4) is 0 Å². The van der Waals surface area contributed by atoms with E-state index in [0.29, 0.717) is 5.78 Å². The van der Waals surface area contributed by atoms with Crippen LogP contribution in [0.25, 0.3) is 0 Å². The number of rotatable bonds is 7. The third-order valence-corrected chi connectivity index (χ3v) is 3.42. The normalized spacial score (nSPS) is 13.0. The highest BCUT2D eigenvalue weighted by atomic mass is 16.1. The number of hydrogen-bond acceptors (Lipinski definition) is 2. The lowest BCUT2D eigenvalue weighted by atomic mass is 9.94. The lowest BCUT2D eigenvalue weighted by Gasteiger charge is -2.30. The number of benzene rings is 1. The first-order chi connectivity index (χ1) is 8.60. The van der Waals surface area contributed by atoms with Crippen molar-refractivity contribution in [1.82, 2.24) is 4.90 Å². The summed E-state index contributed by atoms with van der Waals surface area (Å²) in [5.74, 6) is 0.446. The van der Waals surface area contributed by atoms with Crippen LogP contribution in [0.15, 0.2) is 30.3 Å². The molecule has 0 heterocycles. The first-order valence-corrected chi connectivity index (χ1v) is 6.91. The molecule has 0 aromatic heterocycles. The number of carbonyl (C=O) groups excluding carboxylic acids is 1. The van der Waals surface area contributed by atoms with Gasteiger partial charge in [0.2, 0.25) is 0 Å². The molecule has 0 saturated heterocycles. The van der Waals surface area contributed by atoms with Crippen LogP contribution >= 0.6 is 0 Å². The Balaban J connectivity index is 2.87. The van der Waals surface area contributed by atoms with Crippen LogP contribution in [-0.2, 0) is 11.2 Å². The Labute approximate surface area is 111 Å². The summed E-state index contributed by atoms with van der Waals surface area (Å²) < 4.78 is 0. The van der Waals surface area contributed by atoms with Gasteiger partial charge >= 0.3 is 0 Å². The Morgan fingerprint density at radius 2 is 1.67 bits per heavy atom. The zero-order valence-electron chi connectivity index (χ0n) is 12.0. The Morgan fingerprint density at radius 3 is 2.11 bits per heavy atom. The number of likely N-dealkylation sites (N-methyl/N-ethyl adjacent to an activating group) is 1. The molecule has 1 unspecified atom stereocenters. The zero-order chi connectivity index (χ0) is 13.5. The van der Waals surface area contributed by atoms with Crippen LogP contribution in [0.1, 0.15) is 33.3 Å². The molecule has 1 aromatic carbocycles. The second-order valence-electron chi connectivity index (χ2n) is 4.98. The smallest absolute Gasteiger partial charge is 0.152 e. The summed E-state index contributed by atoms with van der Waals surface area (Å²) >= 11 is 0. The fraction of sp³-hybridized carbons (Fsp3) is 0.562. The van der Waals surface area contributed by atoms with Gasteiger partial charge in [0.1, 0.15) is 0 Å². The minimum absolute atomic E-state index is 0.0161. The molecule has 2 heteroatoms. The van der Waals surface area contributed by atoms with E-state index in [4.69, 9.17) is 0 Å². The fourth-order valence-corrected chi connectivity index (χ4v) is 2.30. The molecule has 0 aliphatic heterocycles. The van der Waals surface area contributed by atoms with E-state index in [9.17, 15) is 4.79 Å². The van der Waals surface area contributed by atoms with Crippen LogP contribution in [0.2, 0.25) is 0 Å². The monoisotopic (exact) mass is 247 g/mol. The molecule has 0 bridgehead atoms. The van der Waals surface area contributed by atoms with Crippen molar-refractivity contribution in [3.05, 3.63) is 35.9 Å². The van der Waals surface area contributed by atoms with Crippen LogP contribution in [0, 0.1) is 5.92 Å². The van der Waals surface area contributed by atoms with Crippen molar-refractivity contribution in [3.8, 4) is 0 Å². The maximum absolute atomic E-state index is 12.4. The minimum Gasteiger partial charge on any atom is -0.298 e. The van der Waals surface area contributed by atoms with E-state index in [1.54, 1.807) is 0 Å². The van der Waals surface area contributed by atoms with E-state index in [-0.39, 0.29) is 12.0 Å². The van der Waals surface area contributed by atoms with Gasteiger partial charge in [-0.2, -0.15) is 0 Å².